The number of carbonyl (C=O) groups is 1. The van der Waals surface area contributed by atoms with Crippen molar-refractivity contribution < 1.29 is 14.6 Å². The van der Waals surface area contributed by atoms with Gasteiger partial charge in [0.2, 0.25) is 0 Å². The topological polar surface area (TPSA) is 71.5 Å². The Labute approximate surface area is 136 Å². The molecule has 0 unspecified atom stereocenters. The van der Waals surface area contributed by atoms with Crippen LogP contribution in [0.4, 0.5) is 5.69 Å². The zero-order valence-corrected chi connectivity index (χ0v) is 12.8. The second-order valence-electron chi connectivity index (χ2n) is 5.14. The van der Waals surface area contributed by atoms with Crippen molar-refractivity contribution in [1.29, 1.82) is 0 Å². The number of phenols is 1. The standard InChI is InChI=1S/C17H12N2O3S/c20-12-3-1-2-11(6-12)17-19-14(9-23-17)10-4-5-15-13(7-10)18-16(21)8-22-15/h1-7,9,20H,8H2,(H,18,21). The maximum absolute atomic E-state index is 11.4. The number of carbonyl (C=O) groups excluding carboxylic acids is 1. The number of fused-ring (bicyclic) bond motifs is 1. The number of rotatable bonds is 2. The molecule has 23 heavy (non-hydrogen) atoms. The van der Waals surface area contributed by atoms with Gasteiger partial charge in [0.25, 0.3) is 5.91 Å². The number of nitrogens with one attached hydrogen (secondary N) is 1. The molecule has 0 saturated heterocycles. The molecule has 0 radical (unpaired) electrons. The van der Waals surface area contributed by atoms with Gasteiger partial charge in [-0.15, -0.1) is 11.3 Å². The largest absolute Gasteiger partial charge is 0.508 e. The number of hydrogen-bond donors (Lipinski definition) is 2. The predicted molar refractivity (Wildman–Crippen MR) is 88.8 cm³/mol. The Morgan fingerprint density at radius 2 is 2.09 bits per heavy atom. The average Bonchev–Trinajstić information content (AvgIpc) is 3.04. The van der Waals surface area contributed by atoms with Crippen LogP contribution in [0.2, 0.25) is 0 Å². The first-order chi connectivity index (χ1) is 11.2. The minimum absolute atomic E-state index is 0.0463. The normalized spacial score (nSPS) is 13.1. The van der Waals surface area contributed by atoms with Gasteiger partial charge in [-0.3, -0.25) is 4.79 Å². The van der Waals surface area contributed by atoms with E-state index >= 15 is 0 Å². The maximum Gasteiger partial charge on any atom is 0.262 e. The first-order valence-corrected chi connectivity index (χ1v) is 7.89. The van der Waals surface area contributed by atoms with Crippen LogP contribution >= 0.6 is 11.3 Å². The van der Waals surface area contributed by atoms with Crippen LogP contribution in [-0.4, -0.2) is 22.6 Å². The van der Waals surface area contributed by atoms with Crippen LogP contribution in [0.3, 0.4) is 0 Å². The summed E-state index contributed by atoms with van der Waals surface area (Å²) in [6.07, 6.45) is 0. The quantitative estimate of drug-likeness (QED) is 0.756. The van der Waals surface area contributed by atoms with Crippen LogP contribution < -0.4 is 10.1 Å². The molecule has 3 aromatic rings. The number of nitrogens with zero attached hydrogens (tertiary/aromatic N) is 1. The molecule has 1 aromatic heterocycles. The SMILES string of the molecule is O=C1COc2ccc(-c3csc(-c4cccc(O)c4)n3)cc2N1. The molecule has 0 saturated carbocycles. The summed E-state index contributed by atoms with van der Waals surface area (Å²) in [6, 6.07) is 12.6. The van der Waals surface area contributed by atoms with Gasteiger partial charge in [0.05, 0.1) is 11.4 Å². The lowest BCUT2D eigenvalue weighted by Crippen LogP contribution is -2.25. The van der Waals surface area contributed by atoms with Gasteiger partial charge in [-0.25, -0.2) is 4.98 Å². The molecule has 1 aliphatic rings. The van der Waals surface area contributed by atoms with Gasteiger partial charge in [0.15, 0.2) is 6.61 Å². The summed E-state index contributed by atoms with van der Waals surface area (Å²) >= 11 is 1.50. The number of phenolic OH excluding ortho intramolecular Hbond substituents is 1. The third kappa shape index (κ3) is 2.64. The monoisotopic (exact) mass is 324 g/mol. The fourth-order valence-corrected chi connectivity index (χ4v) is 3.25. The lowest BCUT2D eigenvalue weighted by atomic mass is 10.1. The number of ether oxygens (including phenoxy) is 1. The third-order valence-electron chi connectivity index (χ3n) is 3.51. The van der Waals surface area contributed by atoms with Gasteiger partial charge < -0.3 is 15.2 Å². The van der Waals surface area contributed by atoms with E-state index in [1.807, 2.05) is 29.6 Å². The average molecular weight is 324 g/mol. The summed E-state index contributed by atoms with van der Waals surface area (Å²) in [5.41, 5.74) is 3.25. The van der Waals surface area contributed by atoms with Crippen molar-refractivity contribution in [3.8, 4) is 33.3 Å². The highest BCUT2D eigenvalue weighted by molar-refractivity contribution is 7.13. The van der Waals surface area contributed by atoms with Crippen LogP contribution in [-0.2, 0) is 4.79 Å². The maximum atomic E-state index is 11.4. The Hall–Kier alpha value is -2.86. The molecule has 114 valence electrons. The predicted octanol–water partition coefficient (Wildman–Crippen LogP) is 3.51. The number of aromatic nitrogens is 1. The van der Waals surface area contributed by atoms with E-state index in [0.29, 0.717) is 11.4 Å². The van der Waals surface area contributed by atoms with E-state index in [4.69, 9.17) is 4.74 Å². The van der Waals surface area contributed by atoms with E-state index in [1.54, 1.807) is 18.2 Å². The van der Waals surface area contributed by atoms with Crippen molar-refractivity contribution in [2.75, 3.05) is 11.9 Å². The molecule has 2 N–H and O–H groups in total. The highest BCUT2D eigenvalue weighted by Gasteiger charge is 2.17. The molecule has 0 fully saturated rings. The highest BCUT2D eigenvalue weighted by atomic mass is 32.1. The lowest BCUT2D eigenvalue weighted by Gasteiger charge is -2.18. The molecular formula is C17H12N2O3S. The van der Waals surface area contributed by atoms with E-state index in [2.05, 4.69) is 10.3 Å². The van der Waals surface area contributed by atoms with Crippen molar-refractivity contribution >= 4 is 22.9 Å². The Kier molecular flexibility index (Phi) is 3.24. The number of thiazole rings is 1. The Morgan fingerprint density at radius 3 is 2.96 bits per heavy atom. The van der Waals surface area contributed by atoms with E-state index in [0.717, 1.165) is 21.8 Å². The number of aromatic hydroxyl groups is 1. The first kappa shape index (κ1) is 13.8. The second kappa shape index (κ2) is 5.40. The number of anilines is 1. The molecule has 0 spiro atoms. The summed E-state index contributed by atoms with van der Waals surface area (Å²) in [5.74, 6) is 0.720. The van der Waals surface area contributed by atoms with E-state index < -0.39 is 0 Å². The van der Waals surface area contributed by atoms with Gasteiger partial charge in [-0.1, -0.05) is 12.1 Å². The summed E-state index contributed by atoms with van der Waals surface area (Å²) < 4.78 is 5.36. The zero-order valence-electron chi connectivity index (χ0n) is 11.9. The molecule has 1 aliphatic heterocycles. The molecule has 0 atom stereocenters. The van der Waals surface area contributed by atoms with Crippen molar-refractivity contribution in [3.05, 3.63) is 47.8 Å². The Balaban J connectivity index is 1.69. The minimum Gasteiger partial charge on any atom is -0.508 e. The second-order valence-corrected chi connectivity index (χ2v) is 5.99. The summed E-state index contributed by atoms with van der Waals surface area (Å²) in [4.78, 5) is 16.0. The number of benzene rings is 2. The zero-order chi connectivity index (χ0) is 15.8. The van der Waals surface area contributed by atoms with Crippen molar-refractivity contribution in [3.63, 3.8) is 0 Å². The first-order valence-electron chi connectivity index (χ1n) is 7.01. The van der Waals surface area contributed by atoms with Gasteiger partial charge >= 0.3 is 0 Å². The Morgan fingerprint density at radius 1 is 1.17 bits per heavy atom. The third-order valence-corrected chi connectivity index (χ3v) is 4.40. The highest BCUT2D eigenvalue weighted by Crippen LogP contribution is 2.35. The van der Waals surface area contributed by atoms with Gasteiger partial charge in [-0.05, 0) is 30.3 Å². The van der Waals surface area contributed by atoms with Crippen LogP contribution in [0.25, 0.3) is 21.8 Å². The molecular weight excluding hydrogens is 312 g/mol. The fraction of sp³-hybridized carbons (Fsp3) is 0.0588. The fourth-order valence-electron chi connectivity index (χ4n) is 2.42. The van der Waals surface area contributed by atoms with Gasteiger partial charge in [0, 0.05) is 16.5 Å². The molecule has 0 aliphatic carbocycles. The van der Waals surface area contributed by atoms with E-state index in [9.17, 15) is 9.90 Å². The van der Waals surface area contributed by atoms with Crippen molar-refractivity contribution in [1.82, 2.24) is 4.98 Å². The number of hydrogen-bond acceptors (Lipinski definition) is 5. The van der Waals surface area contributed by atoms with Crippen LogP contribution in [0.1, 0.15) is 0 Å². The van der Waals surface area contributed by atoms with E-state index in [1.165, 1.54) is 11.3 Å². The molecule has 1 amide bonds. The summed E-state index contributed by atoms with van der Waals surface area (Å²) in [7, 11) is 0. The van der Waals surface area contributed by atoms with Crippen molar-refractivity contribution in [2.24, 2.45) is 0 Å². The van der Waals surface area contributed by atoms with Crippen molar-refractivity contribution in [2.45, 2.75) is 0 Å². The number of amides is 1. The van der Waals surface area contributed by atoms with E-state index in [-0.39, 0.29) is 18.3 Å². The smallest absolute Gasteiger partial charge is 0.262 e. The van der Waals surface area contributed by atoms with Crippen LogP contribution in [0.5, 0.6) is 11.5 Å². The molecule has 2 aromatic carbocycles. The summed E-state index contributed by atoms with van der Waals surface area (Å²) in [5, 5.41) is 15.2. The Bertz CT molecular complexity index is 904. The van der Waals surface area contributed by atoms with Crippen LogP contribution in [0.15, 0.2) is 47.8 Å². The molecule has 2 heterocycles. The molecule has 6 heteroatoms. The molecule has 0 bridgehead atoms. The lowest BCUT2D eigenvalue weighted by molar-refractivity contribution is -0.118. The van der Waals surface area contributed by atoms with Crippen LogP contribution in [0, 0.1) is 0 Å². The molecule has 5 nitrogen and oxygen atoms in total. The van der Waals surface area contributed by atoms with Gasteiger partial charge in [-0.2, -0.15) is 0 Å². The van der Waals surface area contributed by atoms with Gasteiger partial charge in [0.1, 0.15) is 16.5 Å². The molecule has 4 rings (SSSR count). The minimum atomic E-state index is -0.159. The summed E-state index contributed by atoms with van der Waals surface area (Å²) in [6.45, 7) is 0.0463.